The van der Waals surface area contributed by atoms with Crippen molar-refractivity contribution in [3.8, 4) is 0 Å². The van der Waals surface area contributed by atoms with Gasteiger partial charge in [-0.25, -0.2) is 0 Å². The molecule has 1 aromatic rings. The molecule has 24 heavy (non-hydrogen) atoms. The van der Waals surface area contributed by atoms with Crippen molar-refractivity contribution in [3.05, 3.63) is 24.1 Å². The van der Waals surface area contributed by atoms with Crippen LogP contribution in [0.3, 0.4) is 0 Å². The van der Waals surface area contributed by atoms with E-state index in [4.69, 9.17) is 5.73 Å². The Kier molecular flexibility index (Phi) is 5.73. The molecule has 1 aliphatic rings. The Labute approximate surface area is 146 Å². The maximum atomic E-state index is 5.99. The molecule has 0 atom stereocenters. The van der Waals surface area contributed by atoms with Crippen molar-refractivity contribution in [2.45, 2.75) is 72.8 Å². The summed E-state index contributed by atoms with van der Waals surface area (Å²) in [6.45, 7) is 15.4. The van der Waals surface area contributed by atoms with Crippen LogP contribution in [0.4, 0.5) is 5.95 Å². The van der Waals surface area contributed by atoms with Crippen molar-refractivity contribution in [2.24, 2.45) is 11.3 Å². The molecule has 1 fully saturated rings. The maximum Gasteiger partial charge on any atom is 0.224 e. The Morgan fingerprint density at radius 2 is 1.96 bits per heavy atom. The van der Waals surface area contributed by atoms with Crippen LogP contribution in [0, 0.1) is 11.3 Å². The Bertz CT molecular complexity index is 598. The summed E-state index contributed by atoms with van der Waals surface area (Å²) >= 11 is 0. The number of hydrogen-bond donors (Lipinski definition) is 2. The lowest BCUT2D eigenvalue weighted by Gasteiger charge is -2.37. The van der Waals surface area contributed by atoms with E-state index < -0.39 is 0 Å². The van der Waals surface area contributed by atoms with Gasteiger partial charge in [0.1, 0.15) is 12.1 Å². The number of rotatable bonds is 5. The molecule has 0 aromatic carbocycles. The van der Waals surface area contributed by atoms with Gasteiger partial charge < -0.3 is 11.1 Å². The molecule has 1 aromatic heterocycles. The molecule has 3 N–H and O–H groups in total. The molecule has 5 nitrogen and oxygen atoms in total. The number of hydrogen-bond acceptors (Lipinski definition) is 4. The molecule has 0 radical (unpaired) electrons. The van der Waals surface area contributed by atoms with Crippen LogP contribution in [0.2, 0.25) is 0 Å². The van der Waals surface area contributed by atoms with Crippen LogP contribution in [0.5, 0.6) is 0 Å². The number of nitrogens with one attached hydrogen (secondary N) is 1. The van der Waals surface area contributed by atoms with Crippen molar-refractivity contribution in [1.82, 2.24) is 20.1 Å². The quantitative estimate of drug-likeness (QED) is 0.793. The highest BCUT2D eigenvalue weighted by Crippen LogP contribution is 2.38. The first-order valence-corrected chi connectivity index (χ1v) is 9.05. The van der Waals surface area contributed by atoms with Gasteiger partial charge in [0.05, 0.1) is 0 Å². The SMILES string of the molecule is C=C(CC)/C(C)=C(/NC1CCC(C(C)(C)C)CC1)n1ncnc1N. The van der Waals surface area contributed by atoms with Crippen LogP contribution in [-0.4, -0.2) is 20.8 Å². The van der Waals surface area contributed by atoms with Crippen LogP contribution in [0.1, 0.15) is 66.7 Å². The summed E-state index contributed by atoms with van der Waals surface area (Å²) in [5.41, 5.74) is 8.58. The summed E-state index contributed by atoms with van der Waals surface area (Å²) in [4.78, 5) is 4.07. The van der Waals surface area contributed by atoms with E-state index in [9.17, 15) is 0 Å². The molecule has 0 saturated heterocycles. The van der Waals surface area contributed by atoms with Gasteiger partial charge in [0.25, 0.3) is 0 Å². The van der Waals surface area contributed by atoms with Crippen molar-refractivity contribution < 1.29 is 0 Å². The molecule has 134 valence electrons. The van der Waals surface area contributed by atoms with Gasteiger partial charge in [0.15, 0.2) is 0 Å². The van der Waals surface area contributed by atoms with E-state index in [0.717, 1.165) is 29.3 Å². The third-order valence-electron chi connectivity index (χ3n) is 5.39. The van der Waals surface area contributed by atoms with Gasteiger partial charge in [-0.15, -0.1) is 0 Å². The molecule has 0 amide bonds. The largest absolute Gasteiger partial charge is 0.368 e. The Balaban J connectivity index is 2.17. The Hall–Kier alpha value is -1.78. The Morgan fingerprint density at radius 1 is 1.33 bits per heavy atom. The minimum absolute atomic E-state index is 0.395. The van der Waals surface area contributed by atoms with E-state index in [2.05, 4.69) is 56.6 Å². The monoisotopic (exact) mass is 331 g/mol. The van der Waals surface area contributed by atoms with Gasteiger partial charge in [-0.05, 0) is 61.5 Å². The summed E-state index contributed by atoms with van der Waals surface area (Å²) in [5.74, 6) is 2.13. The van der Waals surface area contributed by atoms with Gasteiger partial charge in [-0.2, -0.15) is 14.8 Å². The standard InChI is InChI=1S/C19H33N5/c1-7-13(2)14(3)17(24-18(20)21-12-22-24)23-16-10-8-15(9-11-16)19(4,5)6/h12,15-16,23H,2,7-11H2,1,3-6H3,(H2,20,21,22)/b17-14-. The second-order valence-electron chi connectivity index (χ2n) is 8.02. The number of nitrogen functional groups attached to an aromatic ring is 1. The molecule has 0 bridgehead atoms. The summed E-state index contributed by atoms with van der Waals surface area (Å²) in [5, 5.41) is 7.98. The molecule has 1 saturated carbocycles. The summed E-state index contributed by atoms with van der Waals surface area (Å²) in [6.07, 6.45) is 7.26. The average molecular weight is 332 g/mol. The molecule has 0 spiro atoms. The molecule has 1 heterocycles. The van der Waals surface area contributed by atoms with Crippen molar-refractivity contribution in [2.75, 3.05) is 5.73 Å². The molecule has 2 rings (SSSR count). The number of allylic oxidation sites excluding steroid dienone is 2. The fourth-order valence-electron chi connectivity index (χ4n) is 3.48. The van der Waals surface area contributed by atoms with E-state index in [1.807, 2.05) is 0 Å². The number of nitrogens with two attached hydrogens (primary N) is 1. The minimum atomic E-state index is 0.395. The zero-order valence-electron chi connectivity index (χ0n) is 15.9. The van der Waals surface area contributed by atoms with Crippen molar-refractivity contribution in [1.29, 1.82) is 0 Å². The first-order chi connectivity index (χ1) is 11.2. The minimum Gasteiger partial charge on any atom is -0.368 e. The lowest BCUT2D eigenvalue weighted by molar-refractivity contribution is 0.164. The predicted octanol–water partition coefficient (Wildman–Crippen LogP) is 4.21. The predicted molar refractivity (Wildman–Crippen MR) is 101 cm³/mol. The lowest BCUT2D eigenvalue weighted by Crippen LogP contribution is -2.37. The van der Waals surface area contributed by atoms with Crippen LogP contribution >= 0.6 is 0 Å². The van der Waals surface area contributed by atoms with E-state index in [-0.39, 0.29) is 0 Å². The van der Waals surface area contributed by atoms with E-state index in [1.54, 1.807) is 4.68 Å². The van der Waals surface area contributed by atoms with Crippen LogP contribution < -0.4 is 11.1 Å². The topological polar surface area (TPSA) is 68.8 Å². The third kappa shape index (κ3) is 4.19. The smallest absolute Gasteiger partial charge is 0.224 e. The second kappa shape index (κ2) is 7.41. The second-order valence-corrected chi connectivity index (χ2v) is 8.02. The summed E-state index contributed by atoms with van der Waals surface area (Å²) < 4.78 is 1.70. The molecular weight excluding hydrogens is 298 g/mol. The van der Waals surface area contributed by atoms with Crippen molar-refractivity contribution >= 4 is 11.8 Å². The van der Waals surface area contributed by atoms with Crippen LogP contribution in [0.25, 0.3) is 5.82 Å². The molecule has 5 heteroatoms. The van der Waals surface area contributed by atoms with E-state index >= 15 is 0 Å². The maximum absolute atomic E-state index is 5.99. The summed E-state index contributed by atoms with van der Waals surface area (Å²) in [7, 11) is 0. The lowest BCUT2D eigenvalue weighted by atomic mass is 9.71. The van der Waals surface area contributed by atoms with Crippen molar-refractivity contribution in [3.63, 3.8) is 0 Å². The van der Waals surface area contributed by atoms with E-state index in [0.29, 0.717) is 17.4 Å². The highest BCUT2D eigenvalue weighted by Gasteiger charge is 2.30. The Morgan fingerprint density at radius 3 is 2.42 bits per heavy atom. The fourth-order valence-corrected chi connectivity index (χ4v) is 3.48. The highest BCUT2D eigenvalue weighted by molar-refractivity contribution is 5.57. The first-order valence-electron chi connectivity index (χ1n) is 9.05. The van der Waals surface area contributed by atoms with Gasteiger partial charge in [-0.3, -0.25) is 0 Å². The average Bonchev–Trinajstić information content (AvgIpc) is 2.96. The van der Waals surface area contributed by atoms with Gasteiger partial charge in [-0.1, -0.05) is 34.3 Å². The zero-order chi connectivity index (χ0) is 17.9. The normalized spacial score (nSPS) is 22.9. The fraction of sp³-hybridized carbons (Fsp3) is 0.684. The molecule has 0 unspecified atom stereocenters. The van der Waals surface area contributed by atoms with E-state index in [1.165, 1.54) is 32.0 Å². The van der Waals surface area contributed by atoms with Gasteiger partial charge in [0.2, 0.25) is 5.95 Å². The third-order valence-corrected chi connectivity index (χ3v) is 5.39. The zero-order valence-corrected chi connectivity index (χ0v) is 15.9. The molecular formula is C19H33N5. The number of aromatic nitrogens is 3. The van der Waals surface area contributed by atoms with Gasteiger partial charge >= 0.3 is 0 Å². The van der Waals surface area contributed by atoms with Gasteiger partial charge in [0, 0.05) is 6.04 Å². The van der Waals surface area contributed by atoms with Crippen LogP contribution in [0.15, 0.2) is 24.1 Å². The highest BCUT2D eigenvalue weighted by atomic mass is 15.4. The molecule has 1 aliphatic carbocycles. The molecule has 0 aliphatic heterocycles. The number of nitrogens with zero attached hydrogens (tertiary/aromatic N) is 3. The first kappa shape index (κ1) is 18.6. The summed E-state index contributed by atoms with van der Waals surface area (Å²) in [6, 6.07) is 0.446. The number of anilines is 1. The van der Waals surface area contributed by atoms with Crippen LogP contribution in [-0.2, 0) is 0 Å².